The Bertz CT molecular complexity index is 1090. The van der Waals surface area contributed by atoms with Crippen LogP contribution in [0.3, 0.4) is 0 Å². The highest BCUT2D eigenvalue weighted by atomic mass is 32.1. The first-order valence-electron chi connectivity index (χ1n) is 9.81. The zero-order valence-electron chi connectivity index (χ0n) is 17.3. The summed E-state index contributed by atoms with van der Waals surface area (Å²) >= 11 is 1.44. The lowest BCUT2D eigenvalue weighted by Gasteiger charge is -2.10. The van der Waals surface area contributed by atoms with E-state index in [0.717, 1.165) is 5.69 Å². The van der Waals surface area contributed by atoms with Gasteiger partial charge in [0.05, 0.1) is 0 Å². The van der Waals surface area contributed by atoms with Gasteiger partial charge in [-0.1, -0.05) is 6.07 Å². The van der Waals surface area contributed by atoms with Gasteiger partial charge in [-0.3, -0.25) is 14.4 Å². The summed E-state index contributed by atoms with van der Waals surface area (Å²) in [5, 5.41) is 6.30. The minimum atomic E-state index is -0.503. The second kappa shape index (κ2) is 10.2. The van der Waals surface area contributed by atoms with Crippen molar-refractivity contribution in [1.29, 1.82) is 0 Å². The van der Waals surface area contributed by atoms with Crippen LogP contribution in [0.15, 0.2) is 47.2 Å². The Morgan fingerprint density at radius 2 is 1.97 bits per heavy atom. The molecule has 0 fully saturated rings. The van der Waals surface area contributed by atoms with Crippen molar-refractivity contribution in [2.75, 3.05) is 13.2 Å². The number of rotatable bonds is 9. The number of ether oxygens (including phenoxy) is 1. The predicted molar refractivity (Wildman–Crippen MR) is 116 cm³/mol. The van der Waals surface area contributed by atoms with E-state index in [1.165, 1.54) is 23.5 Å². The fourth-order valence-electron chi connectivity index (χ4n) is 3.28. The molecule has 6 nitrogen and oxygen atoms in total. The van der Waals surface area contributed by atoms with Gasteiger partial charge < -0.3 is 14.6 Å². The Labute approximate surface area is 183 Å². The Morgan fingerprint density at radius 1 is 1.16 bits per heavy atom. The second-order valence-electron chi connectivity index (χ2n) is 7.06. The van der Waals surface area contributed by atoms with Crippen LogP contribution in [0.25, 0.3) is 5.69 Å². The van der Waals surface area contributed by atoms with Gasteiger partial charge in [0.2, 0.25) is 5.78 Å². The molecule has 0 atom stereocenters. The Morgan fingerprint density at radius 3 is 2.68 bits per heavy atom. The summed E-state index contributed by atoms with van der Waals surface area (Å²) in [5.41, 5.74) is 3.07. The average molecular weight is 443 g/mol. The third-order valence-electron chi connectivity index (χ3n) is 4.79. The number of carbonyl (C=O) groups is 3. The highest BCUT2D eigenvalue weighted by Crippen LogP contribution is 2.22. The van der Waals surface area contributed by atoms with E-state index < -0.39 is 5.97 Å². The first-order valence-corrected chi connectivity index (χ1v) is 10.7. The molecule has 0 radical (unpaired) electrons. The largest absolute Gasteiger partial charge is 0.457 e. The molecule has 31 heavy (non-hydrogen) atoms. The number of aryl methyl sites for hydroxylation is 1. The molecule has 0 spiro atoms. The third-order valence-corrected chi connectivity index (χ3v) is 5.47. The highest BCUT2D eigenvalue weighted by molar-refractivity contribution is 7.08. The van der Waals surface area contributed by atoms with Crippen molar-refractivity contribution in [2.45, 2.75) is 26.7 Å². The van der Waals surface area contributed by atoms with E-state index in [4.69, 9.17) is 4.74 Å². The molecule has 0 bridgehead atoms. The molecule has 2 aromatic heterocycles. The molecule has 0 aliphatic heterocycles. The summed E-state index contributed by atoms with van der Waals surface area (Å²) in [6, 6.07) is 9.55. The number of halogens is 1. The van der Waals surface area contributed by atoms with Gasteiger partial charge >= 0.3 is 5.97 Å². The first-order chi connectivity index (χ1) is 14.9. The number of ketones is 1. The van der Waals surface area contributed by atoms with Gasteiger partial charge in [0.1, 0.15) is 5.82 Å². The Kier molecular flexibility index (Phi) is 7.36. The van der Waals surface area contributed by atoms with Crippen molar-refractivity contribution >= 4 is 29.0 Å². The summed E-state index contributed by atoms with van der Waals surface area (Å²) < 4.78 is 20.5. The molecule has 0 aliphatic rings. The normalized spacial score (nSPS) is 10.7. The number of nitrogens with zero attached hydrogens (tertiary/aromatic N) is 1. The van der Waals surface area contributed by atoms with Gasteiger partial charge in [-0.15, -0.1) is 0 Å². The van der Waals surface area contributed by atoms with E-state index in [1.54, 1.807) is 41.1 Å². The maximum atomic E-state index is 13.6. The van der Waals surface area contributed by atoms with E-state index in [9.17, 15) is 18.8 Å². The third kappa shape index (κ3) is 5.67. The SMILES string of the molecule is Cc1cc(C(=O)COC(=O)CCCNC(=O)c2ccsc2)c(C)n1-c1cccc(F)c1. The number of amides is 1. The first kappa shape index (κ1) is 22.4. The summed E-state index contributed by atoms with van der Waals surface area (Å²) in [4.78, 5) is 36.3. The molecule has 1 aromatic carbocycles. The van der Waals surface area contributed by atoms with Crippen molar-refractivity contribution in [2.24, 2.45) is 0 Å². The lowest BCUT2D eigenvalue weighted by atomic mass is 10.1. The molecule has 0 aliphatic carbocycles. The Balaban J connectivity index is 1.49. The Hall–Kier alpha value is -3.26. The molecular formula is C23H23FN2O4S. The molecule has 2 heterocycles. The molecule has 0 saturated heterocycles. The van der Waals surface area contributed by atoms with Gasteiger partial charge in [0, 0.05) is 46.5 Å². The van der Waals surface area contributed by atoms with E-state index in [2.05, 4.69) is 5.32 Å². The number of aromatic nitrogens is 1. The number of carbonyl (C=O) groups excluding carboxylic acids is 3. The standard InChI is InChI=1S/C23H23FN2O4S/c1-15-11-20(16(2)26(15)19-6-3-5-18(24)12-19)21(27)13-30-22(28)7-4-9-25-23(29)17-8-10-31-14-17/h3,5-6,8,10-12,14H,4,7,9,13H2,1-2H3,(H,25,29). The molecule has 8 heteroatoms. The number of hydrogen-bond acceptors (Lipinski definition) is 5. The minimum Gasteiger partial charge on any atom is -0.457 e. The van der Waals surface area contributed by atoms with E-state index in [-0.39, 0.29) is 30.5 Å². The second-order valence-corrected chi connectivity index (χ2v) is 7.84. The molecule has 0 unspecified atom stereocenters. The lowest BCUT2D eigenvalue weighted by molar-refractivity contribution is -0.142. The summed E-state index contributed by atoms with van der Waals surface area (Å²) in [6.07, 6.45) is 0.510. The van der Waals surface area contributed by atoms with E-state index >= 15 is 0 Å². The maximum Gasteiger partial charge on any atom is 0.306 e. The van der Waals surface area contributed by atoms with Crippen LogP contribution in [0.1, 0.15) is 44.9 Å². The molecule has 1 N–H and O–H groups in total. The number of benzene rings is 1. The molecule has 3 aromatic rings. The summed E-state index contributed by atoms with van der Waals surface area (Å²) in [6.45, 7) is 3.56. The van der Waals surface area contributed by atoms with Gasteiger partial charge in [-0.05, 0) is 56.0 Å². The van der Waals surface area contributed by atoms with Crippen molar-refractivity contribution < 1.29 is 23.5 Å². The van der Waals surface area contributed by atoms with Crippen molar-refractivity contribution in [1.82, 2.24) is 9.88 Å². The molecule has 162 valence electrons. The maximum absolute atomic E-state index is 13.6. The molecular weight excluding hydrogens is 419 g/mol. The zero-order valence-corrected chi connectivity index (χ0v) is 18.1. The van der Waals surface area contributed by atoms with Crippen molar-refractivity contribution in [3.05, 3.63) is 75.5 Å². The van der Waals surface area contributed by atoms with Crippen LogP contribution in [-0.4, -0.2) is 35.4 Å². The van der Waals surface area contributed by atoms with Crippen LogP contribution in [0.4, 0.5) is 4.39 Å². The van der Waals surface area contributed by atoms with Gasteiger partial charge in [-0.2, -0.15) is 11.3 Å². The number of esters is 1. The van der Waals surface area contributed by atoms with Crippen molar-refractivity contribution in [3.8, 4) is 5.69 Å². The predicted octanol–water partition coefficient (Wildman–Crippen LogP) is 4.23. The fourth-order valence-corrected chi connectivity index (χ4v) is 3.92. The van der Waals surface area contributed by atoms with E-state index in [0.29, 0.717) is 35.5 Å². The molecule has 0 saturated carbocycles. The lowest BCUT2D eigenvalue weighted by Crippen LogP contribution is -2.24. The quantitative estimate of drug-likeness (QED) is 0.306. The number of Topliss-reactive ketones (excluding diaryl/α,β-unsaturated/α-hetero) is 1. The van der Waals surface area contributed by atoms with E-state index in [1.807, 2.05) is 12.3 Å². The van der Waals surface area contributed by atoms with Gasteiger partial charge in [-0.25, -0.2) is 4.39 Å². The number of nitrogens with one attached hydrogen (secondary N) is 1. The molecule has 1 amide bonds. The van der Waals surface area contributed by atoms with Crippen LogP contribution in [0, 0.1) is 19.7 Å². The smallest absolute Gasteiger partial charge is 0.306 e. The highest BCUT2D eigenvalue weighted by Gasteiger charge is 2.18. The average Bonchev–Trinajstić information content (AvgIpc) is 3.37. The summed E-state index contributed by atoms with van der Waals surface area (Å²) in [5.74, 6) is -1.37. The topological polar surface area (TPSA) is 77.4 Å². The van der Waals surface area contributed by atoms with Crippen LogP contribution in [-0.2, 0) is 9.53 Å². The minimum absolute atomic E-state index is 0.0967. The fraction of sp³-hybridized carbons (Fsp3) is 0.261. The van der Waals surface area contributed by atoms with Crippen LogP contribution >= 0.6 is 11.3 Å². The van der Waals surface area contributed by atoms with Crippen molar-refractivity contribution in [3.63, 3.8) is 0 Å². The van der Waals surface area contributed by atoms with Gasteiger partial charge in [0.15, 0.2) is 6.61 Å². The van der Waals surface area contributed by atoms with Gasteiger partial charge in [0.25, 0.3) is 5.91 Å². The van der Waals surface area contributed by atoms with Crippen LogP contribution in [0.5, 0.6) is 0 Å². The monoisotopic (exact) mass is 442 g/mol. The van der Waals surface area contributed by atoms with Crippen LogP contribution in [0.2, 0.25) is 0 Å². The zero-order chi connectivity index (χ0) is 22.4. The number of hydrogen-bond donors (Lipinski definition) is 1. The molecule has 3 rings (SSSR count). The number of thiophene rings is 1. The summed E-state index contributed by atoms with van der Waals surface area (Å²) in [7, 11) is 0. The van der Waals surface area contributed by atoms with Crippen LogP contribution < -0.4 is 5.32 Å².